The molecule has 0 aromatic rings. The molecule has 96 valence electrons. The monoisotopic (exact) mass is 229 g/mol. The van der Waals surface area contributed by atoms with Crippen LogP contribution in [0.1, 0.15) is 60.8 Å². The van der Waals surface area contributed by atoms with E-state index < -0.39 is 5.60 Å². The first-order valence-corrected chi connectivity index (χ1v) is 6.25. The van der Waals surface area contributed by atoms with E-state index >= 15 is 0 Å². The number of hydrogen-bond acceptors (Lipinski definition) is 3. The number of nitrogens with one attached hydrogen (secondary N) is 1. The van der Waals surface area contributed by atoms with Gasteiger partial charge in [0.15, 0.2) is 0 Å². The summed E-state index contributed by atoms with van der Waals surface area (Å²) in [7, 11) is 0. The lowest BCUT2D eigenvalue weighted by atomic mass is 10.1. The fourth-order valence-corrected chi connectivity index (χ4v) is 1.48. The summed E-state index contributed by atoms with van der Waals surface area (Å²) < 4.78 is 5.30. The minimum atomic E-state index is -0.403. The van der Waals surface area contributed by atoms with Crippen molar-refractivity contribution in [2.75, 3.05) is 0 Å². The minimum Gasteiger partial charge on any atom is -0.459 e. The summed E-state index contributed by atoms with van der Waals surface area (Å²) in [6.45, 7) is 11.8. The molecule has 3 heteroatoms. The zero-order valence-electron chi connectivity index (χ0n) is 11.6. The first-order valence-electron chi connectivity index (χ1n) is 6.25. The molecule has 2 atom stereocenters. The van der Waals surface area contributed by atoms with Gasteiger partial charge in [0, 0.05) is 6.04 Å². The van der Waals surface area contributed by atoms with Crippen molar-refractivity contribution in [3.05, 3.63) is 0 Å². The van der Waals surface area contributed by atoms with Crippen LogP contribution in [0.5, 0.6) is 0 Å². The second kappa shape index (κ2) is 6.89. The second-order valence-corrected chi connectivity index (χ2v) is 5.47. The van der Waals surface area contributed by atoms with Crippen LogP contribution in [0, 0.1) is 0 Å². The van der Waals surface area contributed by atoms with E-state index in [9.17, 15) is 4.79 Å². The van der Waals surface area contributed by atoms with Gasteiger partial charge in [-0.15, -0.1) is 0 Å². The Balaban J connectivity index is 3.95. The summed E-state index contributed by atoms with van der Waals surface area (Å²) in [6, 6.07) is 0.133. The lowest BCUT2D eigenvalue weighted by molar-refractivity contribution is -0.157. The van der Waals surface area contributed by atoms with Gasteiger partial charge in [-0.05, 0) is 41.0 Å². The molecule has 0 fully saturated rings. The van der Waals surface area contributed by atoms with Crippen molar-refractivity contribution >= 4 is 5.97 Å². The van der Waals surface area contributed by atoms with Crippen molar-refractivity contribution in [3.8, 4) is 0 Å². The molecule has 1 N–H and O–H groups in total. The van der Waals surface area contributed by atoms with E-state index in [1.165, 1.54) is 12.8 Å². The van der Waals surface area contributed by atoms with Gasteiger partial charge in [0.25, 0.3) is 0 Å². The third-order valence-corrected chi connectivity index (χ3v) is 2.29. The van der Waals surface area contributed by atoms with Crippen LogP contribution < -0.4 is 5.32 Å². The first-order chi connectivity index (χ1) is 7.26. The highest BCUT2D eigenvalue weighted by Crippen LogP contribution is 2.09. The summed E-state index contributed by atoms with van der Waals surface area (Å²) in [5.41, 5.74) is -0.403. The van der Waals surface area contributed by atoms with Crippen LogP contribution in [0.2, 0.25) is 0 Å². The maximum absolute atomic E-state index is 11.7. The Morgan fingerprint density at radius 3 is 2.31 bits per heavy atom. The number of rotatable bonds is 6. The number of carbonyl (C=O) groups is 1. The Morgan fingerprint density at radius 1 is 1.31 bits per heavy atom. The molecule has 0 aromatic carbocycles. The smallest absolute Gasteiger partial charge is 0.323 e. The van der Waals surface area contributed by atoms with Crippen LogP contribution in [-0.2, 0) is 9.53 Å². The average Bonchev–Trinajstić information content (AvgIpc) is 2.11. The number of esters is 1. The molecule has 0 spiro atoms. The lowest BCUT2D eigenvalue weighted by Gasteiger charge is -2.24. The molecule has 0 rings (SSSR count). The van der Waals surface area contributed by atoms with Crippen LogP contribution in [0.25, 0.3) is 0 Å². The maximum atomic E-state index is 11.7. The van der Waals surface area contributed by atoms with Crippen LogP contribution in [-0.4, -0.2) is 23.7 Å². The SMILES string of the molecule is CCCCC(C)NC(C)C(=O)OC(C)(C)C. The normalized spacial score (nSPS) is 15.6. The van der Waals surface area contributed by atoms with Crippen LogP contribution in [0.3, 0.4) is 0 Å². The maximum Gasteiger partial charge on any atom is 0.323 e. The third-order valence-electron chi connectivity index (χ3n) is 2.29. The van der Waals surface area contributed by atoms with E-state index in [2.05, 4.69) is 19.2 Å². The molecule has 0 aliphatic heterocycles. The predicted octanol–water partition coefficient (Wildman–Crippen LogP) is 2.88. The summed E-state index contributed by atoms with van der Waals surface area (Å²) in [6.07, 6.45) is 3.48. The number of carbonyl (C=O) groups excluding carboxylic acids is 1. The van der Waals surface area contributed by atoms with Gasteiger partial charge in [-0.25, -0.2) is 0 Å². The zero-order valence-corrected chi connectivity index (χ0v) is 11.6. The summed E-state index contributed by atoms with van der Waals surface area (Å²) >= 11 is 0. The van der Waals surface area contributed by atoms with Gasteiger partial charge in [-0.2, -0.15) is 0 Å². The molecule has 0 bridgehead atoms. The Kier molecular flexibility index (Phi) is 6.65. The highest BCUT2D eigenvalue weighted by molar-refractivity contribution is 5.75. The van der Waals surface area contributed by atoms with Gasteiger partial charge < -0.3 is 10.1 Å². The highest BCUT2D eigenvalue weighted by atomic mass is 16.6. The fourth-order valence-electron chi connectivity index (χ4n) is 1.48. The lowest BCUT2D eigenvalue weighted by Crippen LogP contribution is -2.43. The Labute approximate surface area is 99.9 Å². The van der Waals surface area contributed by atoms with Crippen LogP contribution in [0.15, 0.2) is 0 Å². The van der Waals surface area contributed by atoms with Gasteiger partial charge in [-0.1, -0.05) is 19.8 Å². The molecule has 0 amide bonds. The van der Waals surface area contributed by atoms with Crippen LogP contribution >= 0.6 is 0 Å². The molecular weight excluding hydrogens is 202 g/mol. The van der Waals surface area contributed by atoms with E-state index in [4.69, 9.17) is 4.74 Å². The standard InChI is InChI=1S/C13H27NO2/c1-7-8-9-10(2)14-11(3)12(15)16-13(4,5)6/h10-11,14H,7-9H2,1-6H3. The van der Waals surface area contributed by atoms with Crippen molar-refractivity contribution in [2.45, 2.75) is 78.5 Å². The largest absolute Gasteiger partial charge is 0.459 e. The first kappa shape index (κ1) is 15.4. The van der Waals surface area contributed by atoms with E-state index in [1.807, 2.05) is 27.7 Å². The average molecular weight is 229 g/mol. The van der Waals surface area contributed by atoms with Crippen molar-refractivity contribution < 1.29 is 9.53 Å². The van der Waals surface area contributed by atoms with Gasteiger partial charge in [0.1, 0.15) is 11.6 Å². The molecule has 16 heavy (non-hydrogen) atoms. The van der Waals surface area contributed by atoms with E-state index in [1.54, 1.807) is 0 Å². The van der Waals surface area contributed by atoms with Gasteiger partial charge in [0.05, 0.1) is 0 Å². The second-order valence-electron chi connectivity index (χ2n) is 5.47. The molecule has 3 nitrogen and oxygen atoms in total. The van der Waals surface area contributed by atoms with Crippen molar-refractivity contribution in [1.82, 2.24) is 5.32 Å². The van der Waals surface area contributed by atoms with E-state index in [-0.39, 0.29) is 12.0 Å². The molecule has 0 aromatic heterocycles. The molecule has 0 radical (unpaired) electrons. The van der Waals surface area contributed by atoms with Crippen molar-refractivity contribution in [3.63, 3.8) is 0 Å². The Hall–Kier alpha value is -0.570. The molecule has 0 heterocycles. The molecule has 0 aliphatic rings. The highest BCUT2D eigenvalue weighted by Gasteiger charge is 2.22. The topological polar surface area (TPSA) is 38.3 Å². The molecule has 0 saturated carbocycles. The molecule has 0 aliphatic carbocycles. The Morgan fingerprint density at radius 2 is 1.88 bits per heavy atom. The number of ether oxygens (including phenoxy) is 1. The van der Waals surface area contributed by atoms with Crippen LogP contribution in [0.4, 0.5) is 0 Å². The number of hydrogen-bond donors (Lipinski definition) is 1. The zero-order chi connectivity index (χ0) is 12.8. The minimum absolute atomic E-state index is 0.171. The number of unbranched alkanes of at least 4 members (excludes halogenated alkanes) is 1. The quantitative estimate of drug-likeness (QED) is 0.712. The van der Waals surface area contributed by atoms with E-state index in [0.717, 1.165) is 6.42 Å². The molecule has 2 unspecified atom stereocenters. The van der Waals surface area contributed by atoms with Gasteiger partial charge in [-0.3, -0.25) is 4.79 Å². The van der Waals surface area contributed by atoms with Crippen molar-refractivity contribution in [2.24, 2.45) is 0 Å². The van der Waals surface area contributed by atoms with Gasteiger partial charge in [0.2, 0.25) is 0 Å². The molecule has 0 saturated heterocycles. The van der Waals surface area contributed by atoms with E-state index in [0.29, 0.717) is 6.04 Å². The fraction of sp³-hybridized carbons (Fsp3) is 0.923. The third kappa shape index (κ3) is 7.69. The summed E-state index contributed by atoms with van der Waals surface area (Å²) in [5, 5.41) is 3.26. The van der Waals surface area contributed by atoms with Crippen molar-refractivity contribution in [1.29, 1.82) is 0 Å². The van der Waals surface area contributed by atoms with Gasteiger partial charge >= 0.3 is 5.97 Å². The summed E-state index contributed by atoms with van der Waals surface area (Å²) in [4.78, 5) is 11.7. The summed E-state index contributed by atoms with van der Waals surface area (Å²) in [5.74, 6) is -0.171. The predicted molar refractivity (Wildman–Crippen MR) is 67.4 cm³/mol. The Bertz CT molecular complexity index is 208. The molecular formula is C13H27NO2.